The van der Waals surface area contributed by atoms with Gasteiger partial charge >= 0.3 is 0 Å². The first-order chi connectivity index (χ1) is 12.6. The second-order valence-corrected chi connectivity index (χ2v) is 15.4. The van der Waals surface area contributed by atoms with Crippen molar-refractivity contribution in [3.63, 3.8) is 0 Å². The van der Waals surface area contributed by atoms with Gasteiger partial charge in [-0.05, 0) is 55.7 Å². The van der Waals surface area contributed by atoms with Crippen LogP contribution in [0.3, 0.4) is 0 Å². The highest BCUT2D eigenvalue weighted by Gasteiger charge is 2.64. The van der Waals surface area contributed by atoms with Crippen molar-refractivity contribution in [1.29, 1.82) is 0 Å². The standard InChI is InChI=1S/C22H42O4Si/c1-7-8-9-17(26-27(5,6)21(2,3)4)11-10-16-14-19-18(20(16)23)15-22(19)24-12-13-25-22/h16-20,23H,7-15H2,1-6H3. The van der Waals surface area contributed by atoms with Gasteiger partial charge in [-0.15, -0.1) is 0 Å². The summed E-state index contributed by atoms with van der Waals surface area (Å²) in [5.74, 6) is 0.804. The lowest BCUT2D eigenvalue weighted by Gasteiger charge is -2.48. The molecule has 1 aliphatic heterocycles. The van der Waals surface area contributed by atoms with Gasteiger partial charge in [0.25, 0.3) is 0 Å². The van der Waals surface area contributed by atoms with Crippen molar-refractivity contribution in [2.24, 2.45) is 17.8 Å². The molecule has 3 rings (SSSR count). The number of unbranched alkanes of at least 4 members (excludes halogenated alkanes) is 1. The Hall–Kier alpha value is 0.0569. The maximum absolute atomic E-state index is 10.8. The first kappa shape index (κ1) is 21.8. The highest BCUT2D eigenvalue weighted by molar-refractivity contribution is 6.74. The van der Waals surface area contributed by atoms with Gasteiger partial charge in [0.2, 0.25) is 0 Å². The number of rotatable bonds is 8. The van der Waals surface area contributed by atoms with Crippen molar-refractivity contribution in [2.75, 3.05) is 13.2 Å². The molecule has 3 aliphatic rings. The highest BCUT2D eigenvalue weighted by atomic mass is 28.4. The Balaban J connectivity index is 1.55. The number of aliphatic hydroxyl groups is 1. The summed E-state index contributed by atoms with van der Waals surface area (Å²) in [6.45, 7) is 15.3. The van der Waals surface area contributed by atoms with E-state index < -0.39 is 8.32 Å². The van der Waals surface area contributed by atoms with E-state index in [4.69, 9.17) is 13.9 Å². The second kappa shape index (κ2) is 8.06. The van der Waals surface area contributed by atoms with Crippen LogP contribution in [0.25, 0.3) is 0 Å². The molecule has 5 heteroatoms. The fourth-order valence-corrected chi connectivity index (χ4v) is 6.52. The minimum atomic E-state index is -1.76. The van der Waals surface area contributed by atoms with Gasteiger partial charge in [-0.2, -0.15) is 0 Å². The van der Waals surface area contributed by atoms with Crippen LogP contribution in [0.4, 0.5) is 0 Å². The maximum Gasteiger partial charge on any atom is 0.192 e. The Bertz CT molecular complexity index is 495. The van der Waals surface area contributed by atoms with Gasteiger partial charge in [-0.1, -0.05) is 40.5 Å². The molecule has 0 amide bonds. The number of fused-ring (bicyclic) bond motifs is 2. The maximum atomic E-state index is 10.8. The summed E-state index contributed by atoms with van der Waals surface area (Å²) >= 11 is 0. The molecule has 2 saturated carbocycles. The highest BCUT2D eigenvalue weighted by Crippen LogP contribution is 2.59. The number of hydrogen-bond donors (Lipinski definition) is 1. The van der Waals surface area contributed by atoms with Crippen molar-refractivity contribution >= 4 is 8.32 Å². The lowest BCUT2D eigenvalue weighted by atomic mass is 9.69. The van der Waals surface area contributed by atoms with E-state index in [1.165, 1.54) is 12.8 Å². The van der Waals surface area contributed by atoms with E-state index in [0.29, 0.717) is 37.1 Å². The van der Waals surface area contributed by atoms with Gasteiger partial charge in [-0.3, -0.25) is 0 Å². The van der Waals surface area contributed by atoms with E-state index in [2.05, 4.69) is 40.8 Å². The zero-order valence-corrected chi connectivity index (χ0v) is 19.4. The van der Waals surface area contributed by atoms with E-state index >= 15 is 0 Å². The molecule has 0 bridgehead atoms. The third kappa shape index (κ3) is 4.32. The molecular weight excluding hydrogens is 356 g/mol. The van der Waals surface area contributed by atoms with Crippen LogP contribution >= 0.6 is 0 Å². The molecule has 2 aliphatic carbocycles. The van der Waals surface area contributed by atoms with Crippen LogP contribution < -0.4 is 0 Å². The molecule has 4 nitrogen and oxygen atoms in total. The predicted molar refractivity (Wildman–Crippen MR) is 111 cm³/mol. The minimum absolute atomic E-state index is 0.187. The van der Waals surface area contributed by atoms with E-state index in [-0.39, 0.29) is 16.9 Å². The molecule has 0 aromatic carbocycles. The molecule has 1 N–H and O–H groups in total. The predicted octanol–water partition coefficient (Wildman–Crippen LogP) is 5.11. The molecule has 0 aromatic heterocycles. The Morgan fingerprint density at radius 3 is 2.44 bits per heavy atom. The summed E-state index contributed by atoms with van der Waals surface area (Å²) in [7, 11) is -1.76. The van der Waals surface area contributed by atoms with Crippen molar-refractivity contribution < 1.29 is 19.0 Å². The lowest BCUT2D eigenvalue weighted by Crippen LogP contribution is -2.54. The van der Waals surface area contributed by atoms with Crippen molar-refractivity contribution in [3.05, 3.63) is 0 Å². The fraction of sp³-hybridized carbons (Fsp3) is 1.00. The Morgan fingerprint density at radius 1 is 1.19 bits per heavy atom. The van der Waals surface area contributed by atoms with E-state index in [1.807, 2.05) is 0 Å². The Kier molecular flexibility index (Phi) is 6.49. The molecular formula is C22H42O4Si. The number of ether oxygens (including phenoxy) is 2. The van der Waals surface area contributed by atoms with E-state index in [0.717, 1.165) is 32.1 Å². The molecule has 1 spiro atoms. The van der Waals surface area contributed by atoms with Crippen molar-refractivity contribution in [1.82, 2.24) is 0 Å². The van der Waals surface area contributed by atoms with Crippen LogP contribution in [-0.4, -0.2) is 44.6 Å². The summed E-state index contributed by atoms with van der Waals surface area (Å²) in [5, 5.41) is 11.1. The molecule has 0 radical (unpaired) electrons. The van der Waals surface area contributed by atoms with Crippen molar-refractivity contribution in [2.45, 2.75) is 109 Å². The third-order valence-corrected chi connectivity index (χ3v) is 12.4. The topological polar surface area (TPSA) is 47.9 Å². The van der Waals surface area contributed by atoms with Crippen LogP contribution in [0.2, 0.25) is 18.1 Å². The normalized spacial score (nSPS) is 33.9. The third-order valence-electron chi connectivity index (χ3n) is 7.86. The minimum Gasteiger partial charge on any atom is -0.414 e. The second-order valence-electron chi connectivity index (χ2n) is 10.7. The van der Waals surface area contributed by atoms with Crippen LogP contribution in [0.5, 0.6) is 0 Å². The van der Waals surface area contributed by atoms with Gasteiger partial charge in [0.15, 0.2) is 14.1 Å². The molecule has 1 saturated heterocycles. The molecule has 5 atom stereocenters. The Labute approximate surface area is 167 Å². The number of aliphatic hydroxyl groups excluding tert-OH is 1. The molecule has 5 unspecified atom stereocenters. The fourth-order valence-electron chi connectivity index (χ4n) is 5.09. The van der Waals surface area contributed by atoms with Gasteiger partial charge in [0, 0.05) is 18.4 Å². The summed E-state index contributed by atoms with van der Waals surface area (Å²) < 4.78 is 18.6. The van der Waals surface area contributed by atoms with Crippen LogP contribution in [0, 0.1) is 17.8 Å². The molecule has 0 aromatic rings. The van der Waals surface area contributed by atoms with Gasteiger partial charge < -0.3 is 19.0 Å². The molecule has 27 heavy (non-hydrogen) atoms. The number of hydrogen-bond acceptors (Lipinski definition) is 4. The first-order valence-corrected chi connectivity index (χ1v) is 14.1. The van der Waals surface area contributed by atoms with Gasteiger partial charge in [-0.25, -0.2) is 0 Å². The van der Waals surface area contributed by atoms with Crippen LogP contribution in [0.1, 0.15) is 72.6 Å². The van der Waals surface area contributed by atoms with E-state index in [1.54, 1.807) is 0 Å². The van der Waals surface area contributed by atoms with E-state index in [9.17, 15) is 5.11 Å². The summed E-state index contributed by atoms with van der Waals surface area (Å²) in [6.07, 6.45) is 7.80. The largest absolute Gasteiger partial charge is 0.414 e. The average Bonchev–Trinajstić information content (AvgIpc) is 3.15. The van der Waals surface area contributed by atoms with Crippen LogP contribution in [0.15, 0.2) is 0 Å². The quantitative estimate of drug-likeness (QED) is 0.577. The SMILES string of the molecule is CCCCC(CCC1CC2C(CC23OCCO3)C1O)O[Si](C)(C)C(C)(C)C. The molecule has 3 fully saturated rings. The first-order valence-electron chi connectivity index (χ1n) is 11.2. The van der Waals surface area contributed by atoms with Crippen molar-refractivity contribution in [3.8, 4) is 0 Å². The average molecular weight is 399 g/mol. The Morgan fingerprint density at radius 2 is 1.85 bits per heavy atom. The zero-order valence-electron chi connectivity index (χ0n) is 18.4. The zero-order chi connectivity index (χ0) is 19.9. The van der Waals surface area contributed by atoms with Gasteiger partial charge in [0.05, 0.1) is 19.3 Å². The van der Waals surface area contributed by atoms with Gasteiger partial charge in [0.1, 0.15) is 0 Å². The molecule has 158 valence electrons. The summed E-state index contributed by atoms with van der Waals surface area (Å²) in [4.78, 5) is 0. The lowest BCUT2D eigenvalue weighted by molar-refractivity contribution is -0.275. The van der Waals surface area contributed by atoms with Crippen LogP contribution in [-0.2, 0) is 13.9 Å². The monoisotopic (exact) mass is 398 g/mol. The summed E-state index contributed by atoms with van der Waals surface area (Å²) in [5.41, 5.74) is 0. The summed E-state index contributed by atoms with van der Waals surface area (Å²) in [6, 6.07) is 0. The smallest absolute Gasteiger partial charge is 0.192 e. The molecule has 1 heterocycles.